The Hall–Kier alpha value is -0.810. The number of hydrogen-bond donors (Lipinski definition) is 0. The smallest absolute Gasteiger partial charge is 0.153 e. The van der Waals surface area contributed by atoms with Gasteiger partial charge in [0.1, 0.15) is 17.2 Å². The Bertz CT molecular complexity index is 586. The Morgan fingerprint density at radius 2 is 2.16 bits per heavy atom. The van der Waals surface area contributed by atoms with E-state index in [0.29, 0.717) is 11.3 Å². The number of imidazole rings is 1. The summed E-state index contributed by atoms with van der Waals surface area (Å²) >= 11 is 7.61. The van der Waals surface area contributed by atoms with Crippen LogP contribution in [0.4, 0.5) is 8.78 Å². The molecule has 19 heavy (non-hydrogen) atoms. The van der Waals surface area contributed by atoms with Gasteiger partial charge in [-0.25, -0.2) is 13.8 Å². The van der Waals surface area contributed by atoms with Gasteiger partial charge >= 0.3 is 0 Å². The predicted molar refractivity (Wildman–Crippen MR) is 76.9 cm³/mol. The lowest BCUT2D eigenvalue weighted by molar-refractivity contribution is 0.532. The third-order valence-electron chi connectivity index (χ3n) is 3.09. The van der Waals surface area contributed by atoms with Gasteiger partial charge in [0.25, 0.3) is 0 Å². The Balaban J connectivity index is 2.56. The minimum atomic E-state index is -0.641. The molecule has 2 nitrogen and oxygen atoms in total. The molecule has 6 heteroatoms. The van der Waals surface area contributed by atoms with E-state index in [0.717, 1.165) is 18.2 Å². The van der Waals surface area contributed by atoms with Gasteiger partial charge in [-0.05, 0) is 31.4 Å². The fourth-order valence-electron chi connectivity index (χ4n) is 2.17. The standard InChI is InChI=1S/C13H15ClF2N2S/c1-8(3-4-19-2)18-11-6-9(15)5-10(16)13(11)17-12(18)7-14/h5-6,8H,3-4,7H2,1-2H3. The Labute approximate surface area is 120 Å². The van der Waals surface area contributed by atoms with E-state index in [-0.39, 0.29) is 17.4 Å². The lowest BCUT2D eigenvalue weighted by Gasteiger charge is -2.16. The maximum absolute atomic E-state index is 13.7. The summed E-state index contributed by atoms with van der Waals surface area (Å²) in [6, 6.07) is 2.27. The van der Waals surface area contributed by atoms with Gasteiger partial charge in [-0.2, -0.15) is 11.8 Å². The van der Waals surface area contributed by atoms with Gasteiger partial charge in [0, 0.05) is 12.1 Å². The molecule has 0 aliphatic heterocycles. The van der Waals surface area contributed by atoms with Crippen molar-refractivity contribution in [3.05, 3.63) is 29.6 Å². The lowest BCUT2D eigenvalue weighted by atomic mass is 10.2. The van der Waals surface area contributed by atoms with Crippen LogP contribution in [0.15, 0.2) is 12.1 Å². The second kappa shape index (κ2) is 6.09. The average molecular weight is 305 g/mol. The highest BCUT2D eigenvalue weighted by Gasteiger charge is 2.18. The summed E-state index contributed by atoms with van der Waals surface area (Å²) in [4.78, 5) is 4.18. The number of rotatable bonds is 5. The molecule has 1 aromatic carbocycles. The zero-order valence-electron chi connectivity index (χ0n) is 10.8. The van der Waals surface area contributed by atoms with E-state index < -0.39 is 11.6 Å². The highest BCUT2D eigenvalue weighted by atomic mass is 35.5. The summed E-state index contributed by atoms with van der Waals surface area (Å²) in [5, 5.41) is 0. The van der Waals surface area contributed by atoms with E-state index in [1.807, 2.05) is 17.7 Å². The molecule has 104 valence electrons. The van der Waals surface area contributed by atoms with E-state index in [4.69, 9.17) is 11.6 Å². The molecule has 0 saturated heterocycles. The number of fused-ring (bicyclic) bond motifs is 1. The number of nitrogens with zero attached hydrogens (tertiary/aromatic N) is 2. The average Bonchev–Trinajstić information content (AvgIpc) is 2.74. The van der Waals surface area contributed by atoms with Crippen molar-refractivity contribution in [2.75, 3.05) is 12.0 Å². The van der Waals surface area contributed by atoms with Gasteiger partial charge in [-0.3, -0.25) is 0 Å². The molecule has 0 aliphatic carbocycles. The number of halogens is 3. The molecule has 0 aliphatic rings. The summed E-state index contributed by atoms with van der Waals surface area (Å²) in [7, 11) is 0. The molecule has 2 rings (SSSR count). The van der Waals surface area contributed by atoms with Crippen molar-refractivity contribution < 1.29 is 8.78 Å². The third-order valence-corrected chi connectivity index (χ3v) is 3.97. The first-order valence-electron chi connectivity index (χ1n) is 5.99. The van der Waals surface area contributed by atoms with Crippen LogP contribution in [0, 0.1) is 11.6 Å². The number of hydrogen-bond acceptors (Lipinski definition) is 2. The van der Waals surface area contributed by atoms with Crippen LogP contribution in [0.5, 0.6) is 0 Å². The van der Waals surface area contributed by atoms with Crippen molar-refractivity contribution in [3.8, 4) is 0 Å². The second-order valence-electron chi connectivity index (χ2n) is 4.42. The third kappa shape index (κ3) is 2.87. The molecular weight excluding hydrogens is 290 g/mol. The largest absolute Gasteiger partial charge is 0.324 e. The first-order chi connectivity index (χ1) is 9.08. The molecule has 2 aromatic rings. The van der Waals surface area contributed by atoms with E-state index in [1.54, 1.807) is 11.8 Å². The maximum Gasteiger partial charge on any atom is 0.153 e. The molecule has 1 atom stereocenters. The van der Waals surface area contributed by atoms with Crippen molar-refractivity contribution in [2.45, 2.75) is 25.3 Å². The van der Waals surface area contributed by atoms with Crippen LogP contribution in [-0.2, 0) is 5.88 Å². The fraction of sp³-hybridized carbons (Fsp3) is 0.462. The molecule has 1 aromatic heterocycles. The molecule has 0 amide bonds. The number of alkyl halides is 1. The molecule has 0 spiro atoms. The maximum atomic E-state index is 13.7. The number of aromatic nitrogens is 2. The fourth-order valence-corrected chi connectivity index (χ4v) is 2.94. The Morgan fingerprint density at radius 3 is 2.79 bits per heavy atom. The van der Waals surface area contributed by atoms with Crippen molar-refractivity contribution in [2.24, 2.45) is 0 Å². The van der Waals surface area contributed by atoms with Crippen LogP contribution in [0.25, 0.3) is 11.0 Å². The van der Waals surface area contributed by atoms with E-state index >= 15 is 0 Å². The van der Waals surface area contributed by atoms with Crippen LogP contribution < -0.4 is 0 Å². The van der Waals surface area contributed by atoms with Crippen LogP contribution in [-0.4, -0.2) is 21.6 Å². The summed E-state index contributed by atoms with van der Waals surface area (Å²) in [5.74, 6) is 0.496. The summed E-state index contributed by atoms with van der Waals surface area (Å²) in [5.41, 5.74) is 0.662. The quantitative estimate of drug-likeness (QED) is 0.764. The molecule has 1 unspecified atom stereocenters. The first-order valence-corrected chi connectivity index (χ1v) is 7.92. The monoisotopic (exact) mass is 304 g/mol. The summed E-state index contributed by atoms with van der Waals surface area (Å²) in [6.07, 6.45) is 2.93. The van der Waals surface area contributed by atoms with Gasteiger partial charge < -0.3 is 4.57 Å². The van der Waals surface area contributed by atoms with Gasteiger partial charge in [-0.15, -0.1) is 11.6 Å². The molecule has 0 fully saturated rings. The van der Waals surface area contributed by atoms with Crippen molar-refractivity contribution >= 4 is 34.4 Å². The zero-order valence-corrected chi connectivity index (χ0v) is 12.4. The normalized spacial score (nSPS) is 13.1. The van der Waals surface area contributed by atoms with Gasteiger partial charge in [0.15, 0.2) is 5.82 Å². The van der Waals surface area contributed by atoms with Crippen molar-refractivity contribution in [3.63, 3.8) is 0 Å². The molecule has 0 bridgehead atoms. The topological polar surface area (TPSA) is 17.8 Å². The van der Waals surface area contributed by atoms with Crippen LogP contribution >= 0.6 is 23.4 Å². The van der Waals surface area contributed by atoms with E-state index in [9.17, 15) is 8.78 Å². The summed E-state index contributed by atoms with van der Waals surface area (Å²) < 4.78 is 29.0. The predicted octanol–water partition coefficient (Wildman–Crippen LogP) is 4.37. The number of thioether (sulfide) groups is 1. The minimum absolute atomic E-state index is 0.104. The Kier molecular flexibility index (Phi) is 4.68. The van der Waals surface area contributed by atoms with Gasteiger partial charge in [-0.1, -0.05) is 0 Å². The zero-order chi connectivity index (χ0) is 14.0. The second-order valence-corrected chi connectivity index (χ2v) is 5.67. The van der Waals surface area contributed by atoms with Gasteiger partial charge in [0.2, 0.25) is 0 Å². The number of benzene rings is 1. The molecule has 0 radical (unpaired) electrons. The first kappa shape index (κ1) is 14.6. The van der Waals surface area contributed by atoms with E-state index in [1.165, 1.54) is 6.07 Å². The molecule has 1 heterocycles. The molecular formula is C13H15ClF2N2S. The highest BCUT2D eigenvalue weighted by Crippen LogP contribution is 2.27. The highest BCUT2D eigenvalue weighted by molar-refractivity contribution is 7.98. The molecule has 0 N–H and O–H groups in total. The Morgan fingerprint density at radius 1 is 1.42 bits per heavy atom. The lowest BCUT2D eigenvalue weighted by Crippen LogP contribution is -2.09. The van der Waals surface area contributed by atoms with Crippen LogP contribution in [0.3, 0.4) is 0 Å². The molecule has 0 saturated carbocycles. The minimum Gasteiger partial charge on any atom is -0.324 e. The van der Waals surface area contributed by atoms with Gasteiger partial charge in [0.05, 0.1) is 11.4 Å². The van der Waals surface area contributed by atoms with E-state index in [2.05, 4.69) is 4.98 Å². The van der Waals surface area contributed by atoms with Crippen molar-refractivity contribution in [1.82, 2.24) is 9.55 Å². The van der Waals surface area contributed by atoms with Crippen LogP contribution in [0.1, 0.15) is 25.2 Å². The van der Waals surface area contributed by atoms with Crippen molar-refractivity contribution in [1.29, 1.82) is 0 Å². The van der Waals surface area contributed by atoms with Crippen LogP contribution in [0.2, 0.25) is 0 Å². The summed E-state index contributed by atoms with van der Waals surface area (Å²) in [6.45, 7) is 2.01. The SMILES string of the molecule is CSCCC(C)n1c(CCl)nc2c(F)cc(F)cc21.